The first-order valence-electron chi connectivity index (χ1n) is 29.1. The van der Waals surface area contributed by atoms with Gasteiger partial charge in [0.2, 0.25) is 0 Å². The first-order valence-corrected chi connectivity index (χ1v) is 29.1. The van der Waals surface area contributed by atoms with Gasteiger partial charge in [0.15, 0.2) is 6.10 Å². The highest BCUT2D eigenvalue weighted by Crippen LogP contribution is 2.15. The maximum absolute atomic E-state index is 12.9. The third kappa shape index (κ3) is 56.9. The van der Waals surface area contributed by atoms with Gasteiger partial charge in [-0.1, -0.05) is 264 Å². The SMILES string of the molecule is CC/C=C\C/C=C\C/C=C\C/C=C\C/C=C\C/C=C\CCC(=O)OCC(COCCCCCCC/C=C\C/C=C\C/C=C\C/C=C\CC)OC(=O)CCCCCCCCCCCCCCCCCCC. The van der Waals surface area contributed by atoms with Gasteiger partial charge in [-0.2, -0.15) is 0 Å². The summed E-state index contributed by atoms with van der Waals surface area (Å²) in [6.07, 6.45) is 83.8. The van der Waals surface area contributed by atoms with Gasteiger partial charge in [-0.25, -0.2) is 0 Å². The summed E-state index contributed by atoms with van der Waals surface area (Å²) in [4.78, 5) is 25.5. The predicted octanol–water partition coefficient (Wildman–Crippen LogP) is 20.1. The lowest BCUT2D eigenvalue weighted by atomic mass is 10.0. The number of allylic oxidation sites excluding steroid dienone is 20. The molecule has 1 atom stereocenters. The normalized spacial score (nSPS) is 13.1. The predicted molar refractivity (Wildman–Crippen MR) is 306 cm³/mol. The quantitative estimate of drug-likeness (QED) is 0.0345. The molecule has 0 aliphatic rings. The number of hydrogen-bond acceptors (Lipinski definition) is 5. The molecule has 0 saturated carbocycles. The molecular formula is C65H108O5. The van der Waals surface area contributed by atoms with Crippen LogP contribution in [0.25, 0.3) is 0 Å². The Labute approximate surface area is 433 Å². The molecule has 0 aliphatic carbocycles. The highest BCUT2D eigenvalue weighted by molar-refractivity contribution is 5.70. The second-order valence-electron chi connectivity index (χ2n) is 18.8. The Balaban J connectivity index is 4.44. The highest BCUT2D eigenvalue weighted by Gasteiger charge is 2.17. The summed E-state index contributed by atoms with van der Waals surface area (Å²) >= 11 is 0. The largest absolute Gasteiger partial charge is 0.462 e. The first-order chi connectivity index (χ1) is 34.6. The zero-order valence-corrected chi connectivity index (χ0v) is 45.7. The van der Waals surface area contributed by atoms with Gasteiger partial charge in [-0.05, 0) is 96.3 Å². The monoisotopic (exact) mass is 969 g/mol. The van der Waals surface area contributed by atoms with Crippen molar-refractivity contribution in [2.24, 2.45) is 0 Å². The van der Waals surface area contributed by atoms with Gasteiger partial charge in [-0.3, -0.25) is 9.59 Å². The van der Waals surface area contributed by atoms with E-state index in [1.54, 1.807) is 0 Å². The standard InChI is InChI=1S/C65H108O5/c1-4-7-10-13-16-19-22-25-28-31-33-35-37-40-43-46-49-52-55-58-64(66)69-62-63(61-68-60-57-54-51-48-45-42-39-36-32-29-26-23-20-17-14-11-8-5-2)70-65(67)59-56-53-50-47-44-41-38-34-30-27-24-21-18-15-12-9-6-3/h7-8,10-11,16-17,19-20,25-26,28-29,33,35-36,39-40,43,49,52,63H,4-6,9,12-15,18,21-24,27,30-32,34,37-38,41-42,44-48,50-51,53-62H2,1-3H3/b10-7-,11-8-,19-16-,20-17-,28-25-,29-26-,35-33-,39-36-,43-40-,52-49-. The van der Waals surface area contributed by atoms with Crippen molar-refractivity contribution in [1.29, 1.82) is 0 Å². The van der Waals surface area contributed by atoms with E-state index in [9.17, 15) is 9.59 Å². The van der Waals surface area contributed by atoms with E-state index >= 15 is 0 Å². The second-order valence-corrected chi connectivity index (χ2v) is 18.8. The van der Waals surface area contributed by atoms with Gasteiger partial charge in [0.1, 0.15) is 6.61 Å². The van der Waals surface area contributed by atoms with Gasteiger partial charge in [0.05, 0.1) is 6.61 Å². The van der Waals surface area contributed by atoms with Crippen LogP contribution >= 0.6 is 0 Å². The molecule has 0 aromatic carbocycles. The molecule has 0 fully saturated rings. The summed E-state index contributed by atoms with van der Waals surface area (Å²) < 4.78 is 17.4. The first kappa shape index (κ1) is 66.3. The van der Waals surface area contributed by atoms with Crippen molar-refractivity contribution in [2.45, 2.75) is 258 Å². The Morgan fingerprint density at radius 2 is 0.671 bits per heavy atom. The lowest BCUT2D eigenvalue weighted by molar-refractivity contribution is -0.162. The Morgan fingerprint density at radius 3 is 1.09 bits per heavy atom. The molecule has 5 nitrogen and oxygen atoms in total. The Hall–Kier alpha value is -3.70. The number of carbonyl (C=O) groups excluding carboxylic acids is 2. The van der Waals surface area contributed by atoms with Crippen molar-refractivity contribution in [2.75, 3.05) is 19.8 Å². The molecule has 0 bridgehead atoms. The van der Waals surface area contributed by atoms with Crippen LogP contribution in [0.15, 0.2) is 122 Å². The van der Waals surface area contributed by atoms with E-state index in [1.165, 1.54) is 109 Å². The molecule has 0 aromatic heterocycles. The van der Waals surface area contributed by atoms with E-state index in [2.05, 4.69) is 136 Å². The molecule has 0 amide bonds. The number of esters is 2. The average molecular weight is 970 g/mol. The van der Waals surface area contributed by atoms with E-state index in [4.69, 9.17) is 14.2 Å². The minimum absolute atomic E-state index is 0.0324. The Kier molecular flexibility index (Phi) is 56.5. The Bertz CT molecular complexity index is 1420. The lowest BCUT2D eigenvalue weighted by Gasteiger charge is -2.18. The zero-order valence-electron chi connectivity index (χ0n) is 45.7. The van der Waals surface area contributed by atoms with Crippen LogP contribution in [-0.2, 0) is 23.8 Å². The average Bonchev–Trinajstić information content (AvgIpc) is 3.36. The van der Waals surface area contributed by atoms with Crippen LogP contribution in [0.4, 0.5) is 0 Å². The molecule has 0 aromatic rings. The maximum atomic E-state index is 12.9. The molecule has 70 heavy (non-hydrogen) atoms. The van der Waals surface area contributed by atoms with Gasteiger partial charge in [-0.15, -0.1) is 0 Å². The molecule has 0 N–H and O–H groups in total. The minimum Gasteiger partial charge on any atom is -0.462 e. The molecular weight excluding hydrogens is 861 g/mol. The summed E-state index contributed by atoms with van der Waals surface area (Å²) in [5.74, 6) is -0.504. The number of hydrogen-bond donors (Lipinski definition) is 0. The molecule has 0 radical (unpaired) electrons. The van der Waals surface area contributed by atoms with Crippen LogP contribution in [0.1, 0.15) is 252 Å². The summed E-state index contributed by atoms with van der Waals surface area (Å²) in [7, 11) is 0. The topological polar surface area (TPSA) is 61.8 Å². The highest BCUT2D eigenvalue weighted by atomic mass is 16.6. The van der Waals surface area contributed by atoms with Crippen molar-refractivity contribution in [3.05, 3.63) is 122 Å². The maximum Gasteiger partial charge on any atom is 0.306 e. The van der Waals surface area contributed by atoms with E-state index < -0.39 is 6.10 Å². The Morgan fingerprint density at radius 1 is 0.329 bits per heavy atom. The van der Waals surface area contributed by atoms with Crippen molar-refractivity contribution in [1.82, 2.24) is 0 Å². The van der Waals surface area contributed by atoms with Crippen LogP contribution in [-0.4, -0.2) is 37.9 Å². The van der Waals surface area contributed by atoms with Gasteiger partial charge in [0.25, 0.3) is 0 Å². The fourth-order valence-electron chi connectivity index (χ4n) is 7.76. The van der Waals surface area contributed by atoms with Crippen molar-refractivity contribution in [3.63, 3.8) is 0 Å². The molecule has 0 spiro atoms. The van der Waals surface area contributed by atoms with Crippen molar-refractivity contribution >= 4 is 11.9 Å². The van der Waals surface area contributed by atoms with E-state index in [-0.39, 0.29) is 25.2 Å². The van der Waals surface area contributed by atoms with Crippen LogP contribution in [0.2, 0.25) is 0 Å². The molecule has 398 valence electrons. The molecule has 1 unspecified atom stereocenters. The van der Waals surface area contributed by atoms with Crippen molar-refractivity contribution < 1.29 is 23.8 Å². The van der Waals surface area contributed by atoms with Crippen LogP contribution < -0.4 is 0 Å². The third-order valence-corrected chi connectivity index (χ3v) is 12.0. The summed E-state index contributed by atoms with van der Waals surface area (Å²) in [6.45, 7) is 7.49. The number of rotatable bonds is 52. The van der Waals surface area contributed by atoms with E-state index in [0.717, 1.165) is 103 Å². The summed E-state index contributed by atoms with van der Waals surface area (Å²) in [5.41, 5.74) is 0. The summed E-state index contributed by atoms with van der Waals surface area (Å²) in [6, 6.07) is 0. The van der Waals surface area contributed by atoms with Gasteiger partial charge < -0.3 is 14.2 Å². The number of ether oxygens (including phenoxy) is 3. The van der Waals surface area contributed by atoms with Crippen LogP contribution in [0, 0.1) is 0 Å². The molecule has 0 aliphatic heterocycles. The zero-order chi connectivity index (χ0) is 50.6. The minimum atomic E-state index is -0.584. The molecule has 5 heteroatoms. The van der Waals surface area contributed by atoms with E-state index in [0.29, 0.717) is 25.9 Å². The van der Waals surface area contributed by atoms with Crippen LogP contribution in [0.5, 0.6) is 0 Å². The second kappa shape index (κ2) is 59.6. The lowest BCUT2D eigenvalue weighted by Crippen LogP contribution is -2.30. The molecule has 0 heterocycles. The van der Waals surface area contributed by atoms with E-state index in [1.807, 2.05) is 6.08 Å². The van der Waals surface area contributed by atoms with Crippen LogP contribution in [0.3, 0.4) is 0 Å². The molecule has 0 rings (SSSR count). The number of unbranched alkanes of at least 4 members (excludes halogenated alkanes) is 21. The summed E-state index contributed by atoms with van der Waals surface area (Å²) in [5, 5.41) is 0. The third-order valence-electron chi connectivity index (χ3n) is 12.0. The van der Waals surface area contributed by atoms with Crippen molar-refractivity contribution in [3.8, 4) is 0 Å². The van der Waals surface area contributed by atoms with Gasteiger partial charge >= 0.3 is 11.9 Å². The fraction of sp³-hybridized carbons (Fsp3) is 0.662. The van der Waals surface area contributed by atoms with Gasteiger partial charge in [0, 0.05) is 19.4 Å². The number of carbonyl (C=O) groups is 2. The fourth-order valence-corrected chi connectivity index (χ4v) is 7.76. The molecule has 0 saturated heterocycles. The smallest absolute Gasteiger partial charge is 0.306 e.